The number of nitrogens with zero attached hydrogens (tertiary/aromatic N) is 1. The third kappa shape index (κ3) is 5.99. The standard InChI is InChI=1S/C17H24N2O2/c1-4-19(5-2)13-14(3)18-17(21)16-10-6-8-15(12-16)9-7-11-20/h6,8,10,12,14,20H,4-5,11,13H2,1-3H3,(H,18,21). The van der Waals surface area contributed by atoms with Crippen LogP contribution in [-0.2, 0) is 0 Å². The van der Waals surface area contributed by atoms with E-state index in [2.05, 4.69) is 35.9 Å². The highest BCUT2D eigenvalue weighted by molar-refractivity contribution is 5.94. The van der Waals surface area contributed by atoms with Crippen molar-refractivity contribution in [1.29, 1.82) is 0 Å². The van der Waals surface area contributed by atoms with E-state index >= 15 is 0 Å². The number of hydrogen-bond donors (Lipinski definition) is 2. The first-order valence-corrected chi connectivity index (χ1v) is 7.33. The van der Waals surface area contributed by atoms with E-state index in [9.17, 15) is 4.79 Å². The van der Waals surface area contributed by atoms with Crippen LogP contribution in [0.15, 0.2) is 24.3 Å². The Balaban J connectivity index is 2.66. The molecule has 21 heavy (non-hydrogen) atoms. The molecule has 0 heterocycles. The first kappa shape index (κ1) is 17.2. The van der Waals surface area contributed by atoms with E-state index in [1.54, 1.807) is 18.2 Å². The minimum Gasteiger partial charge on any atom is -0.384 e. The summed E-state index contributed by atoms with van der Waals surface area (Å²) in [5.41, 5.74) is 1.32. The fraction of sp³-hybridized carbons (Fsp3) is 0.471. The molecule has 0 radical (unpaired) electrons. The number of amides is 1. The Kier molecular flexibility index (Phi) is 7.52. The SMILES string of the molecule is CCN(CC)CC(C)NC(=O)c1cccc(C#CCO)c1. The predicted octanol–water partition coefficient (Wildman–Crippen LogP) is 1.49. The molecule has 1 atom stereocenters. The van der Waals surface area contributed by atoms with Gasteiger partial charge in [-0.3, -0.25) is 4.79 Å². The first-order valence-electron chi connectivity index (χ1n) is 7.33. The predicted molar refractivity (Wildman–Crippen MR) is 85.1 cm³/mol. The zero-order valence-electron chi connectivity index (χ0n) is 13.0. The Bertz CT molecular complexity index is 513. The zero-order valence-corrected chi connectivity index (χ0v) is 13.0. The van der Waals surface area contributed by atoms with Crippen molar-refractivity contribution in [3.63, 3.8) is 0 Å². The molecule has 1 aromatic rings. The molecule has 0 aliphatic heterocycles. The lowest BCUT2D eigenvalue weighted by Gasteiger charge is -2.23. The van der Waals surface area contributed by atoms with Crippen molar-refractivity contribution in [3.05, 3.63) is 35.4 Å². The number of aliphatic hydroxyl groups excluding tert-OH is 1. The summed E-state index contributed by atoms with van der Waals surface area (Å²) in [4.78, 5) is 14.5. The van der Waals surface area contributed by atoms with Gasteiger partial charge in [-0.25, -0.2) is 0 Å². The summed E-state index contributed by atoms with van der Waals surface area (Å²) in [6, 6.07) is 7.21. The lowest BCUT2D eigenvalue weighted by molar-refractivity contribution is 0.0930. The second-order valence-corrected chi connectivity index (χ2v) is 4.90. The molecule has 0 spiro atoms. The maximum Gasteiger partial charge on any atom is 0.251 e. The zero-order chi connectivity index (χ0) is 15.7. The minimum absolute atomic E-state index is 0.0876. The topological polar surface area (TPSA) is 52.6 Å². The van der Waals surface area contributed by atoms with Gasteiger partial charge in [0, 0.05) is 23.7 Å². The molecular weight excluding hydrogens is 264 g/mol. The summed E-state index contributed by atoms with van der Waals surface area (Å²) in [5, 5.41) is 11.7. The van der Waals surface area contributed by atoms with Gasteiger partial charge in [0.15, 0.2) is 0 Å². The Morgan fingerprint density at radius 1 is 1.38 bits per heavy atom. The van der Waals surface area contributed by atoms with Crippen LogP contribution in [0.3, 0.4) is 0 Å². The molecule has 0 aromatic heterocycles. The van der Waals surface area contributed by atoms with Gasteiger partial charge >= 0.3 is 0 Å². The van der Waals surface area contributed by atoms with Gasteiger partial charge in [0.2, 0.25) is 0 Å². The van der Waals surface area contributed by atoms with Crippen molar-refractivity contribution in [3.8, 4) is 11.8 Å². The molecular formula is C17H24N2O2. The Morgan fingerprint density at radius 3 is 2.71 bits per heavy atom. The van der Waals surface area contributed by atoms with Gasteiger partial charge in [0.05, 0.1) is 0 Å². The van der Waals surface area contributed by atoms with Crippen LogP contribution in [0.1, 0.15) is 36.7 Å². The second-order valence-electron chi connectivity index (χ2n) is 4.90. The summed E-state index contributed by atoms with van der Waals surface area (Å²) in [6.45, 7) is 8.83. The monoisotopic (exact) mass is 288 g/mol. The summed E-state index contributed by atoms with van der Waals surface area (Å²) in [6.07, 6.45) is 0. The van der Waals surface area contributed by atoms with Gasteiger partial charge < -0.3 is 15.3 Å². The van der Waals surface area contributed by atoms with Crippen LogP contribution in [-0.4, -0.2) is 48.2 Å². The fourth-order valence-electron chi connectivity index (χ4n) is 2.10. The Labute approximate surface area is 127 Å². The number of hydrogen-bond acceptors (Lipinski definition) is 3. The molecule has 0 bridgehead atoms. The molecule has 2 N–H and O–H groups in total. The van der Waals surface area contributed by atoms with E-state index in [1.807, 2.05) is 13.0 Å². The summed E-state index contributed by atoms with van der Waals surface area (Å²) in [5.74, 6) is 5.29. The maximum atomic E-state index is 12.2. The van der Waals surface area contributed by atoms with Crippen LogP contribution >= 0.6 is 0 Å². The van der Waals surface area contributed by atoms with Crippen LogP contribution in [0.25, 0.3) is 0 Å². The van der Waals surface area contributed by atoms with Crippen molar-refractivity contribution in [2.24, 2.45) is 0 Å². The third-order valence-electron chi connectivity index (χ3n) is 3.24. The van der Waals surface area contributed by atoms with E-state index < -0.39 is 0 Å². The van der Waals surface area contributed by atoms with E-state index in [-0.39, 0.29) is 18.6 Å². The summed E-state index contributed by atoms with van der Waals surface area (Å²) in [7, 11) is 0. The normalized spacial score (nSPS) is 11.7. The molecule has 0 saturated carbocycles. The van der Waals surface area contributed by atoms with E-state index in [0.29, 0.717) is 5.56 Å². The molecule has 1 rings (SSSR count). The molecule has 1 unspecified atom stereocenters. The quantitative estimate of drug-likeness (QED) is 0.780. The van der Waals surface area contributed by atoms with Gasteiger partial charge in [0.25, 0.3) is 5.91 Å². The number of likely N-dealkylation sites (N-methyl/N-ethyl adjacent to an activating group) is 1. The van der Waals surface area contributed by atoms with E-state index in [1.165, 1.54) is 0 Å². The first-order chi connectivity index (χ1) is 10.1. The molecule has 0 aliphatic rings. The summed E-state index contributed by atoms with van der Waals surface area (Å²) >= 11 is 0. The fourth-order valence-corrected chi connectivity index (χ4v) is 2.10. The Morgan fingerprint density at radius 2 is 2.10 bits per heavy atom. The van der Waals surface area contributed by atoms with E-state index in [0.717, 1.165) is 25.2 Å². The van der Waals surface area contributed by atoms with Crippen LogP contribution in [0.5, 0.6) is 0 Å². The average Bonchev–Trinajstić information content (AvgIpc) is 2.50. The molecule has 1 aromatic carbocycles. The van der Waals surface area contributed by atoms with Gasteiger partial charge in [-0.05, 0) is 38.2 Å². The van der Waals surface area contributed by atoms with Crippen LogP contribution in [0.4, 0.5) is 0 Å². The smallest absolute Gasteiger partial charge is 0.251 e. The molecule has 0 saturated heterocycles. The molecule has 4 nitrogen and oxygen atoms in total. The van der Waals surface area contributed by atoms with Crippen LogP contribution < -0.4 is 5.32 Å². The highest BCUT2D eigenvalue weighted by Crippen LogP contribution is 2.05. The van der Waals surface area contributed by atoms with Crippen molar-refractivity contribution in [2.45, 2.75) is 26.8 Å². The van der Waals surface area contributed by atoms with E-state index in [4.69, 9.17) is 5.11 Å². The number of rotatable bonds is 6. The molecule has 114 valence electrons. The highest BCUT2D eigenvalue weighted by Gasteiger charge is 2.12. The molecule has 1 amide bonds. The summed E-state index contributed by atoms with van der Waals surface area (Å²) < 4.78 is 0. The number of aliphatic hydroxyl groups is 1. The van der Waals surface area contributed by atoms with Gasteiger partial charge in [-0.1, -0.05) is 31.8 Å². The van der Waals surface area contributed by atoms with Crippen molar-refractivity contribution >= 4 is 5.91 Å². The van der Waals surface area contributed by atoms with Crippen LogP contribution in [0.2, 0.25) is 0 Å². The van der Waals surface area contributed by atoms with Gasteiger partial charge in [-0.15, -0.1) is 0 Å². The maximum absolute atomic E-state index is 12.2. The largest absolute Gasteiger partial charge is 0.384 e. The van der Waals surface area contributed by atoms with Gasteiger partial charge in [-0.2, -0.15) is 0 Å². The number of carbonyl (C=O) groups excluding carboxylic acids is 1. The molecule has 4 heteroatoms. The van der Waals surface area contributed by atoms with Crippen molar-refractivity contribution < 1.29 is 9.90 Å². The average molecular weight is 288 g/mol. The number of nitrogens with one attached hydrogen (secondary N) is 1. The number of benzene rings is 1. The number of carbonyl (C=O) groups is 1. The minimum atomic E-state index is -0.183. The third-order valence-corrected chi connectivity index (χ3v) is 3.24. The second kappa shape index (κ2) is 9.17. The van der Waals surface area contributed by atoms with Gasteiger partial charge in [0.1, 0.15) is 6.61 Å². The Hall–Kier alpha value is -1.83. The van der Waals surface area contributed by atoms with Crippen molar-refractivity contribution in [1.82, 2.24) is 10.2 Å². The van der Waals surface area contributed by atoms with Crippen molar-refractivity contribution in [2.75, 3.05) is 26.2 Å². The van der Waals surface area contributed by atoms with Crippen LogP contribution in [0, 0.1) is 11.8 Å². The highest BCUT2D eigenvalue weighted by atomic mass is 16.2. The molecule has 0 fully saturated rings. The molecule has 0 aliphatic carbocycles. The lowest BCUT2D eigenvalue weighted by atomic mass is 10.1. The lowest BCUT2D eigenvalue weighted by Crippen LogP contribution is -2.41.